The maximum absolute atomic E-state index is 13.6. The molecule has 0 spiro atoms. The van der Waals surface area contributed by atoms with E-state index in [0.29, 0.717) is 37.6 Å². The molecule has 2 amide bonds. The molecule has 2 aliphatic rings. The van der Waals surface area contributed by atoms with Crippen LogP contribution in [0.25, 0.3) is 0 Å². The highest BCUT2D eigenvalue weighted by atomic mass is 32.2. The van der Waals surface area contributed by atoms with Crippen LogP contribution in [-0.4, -0.2) is 111 Å². The molecular formula is C27H38N4O7S2. The number of carbonyl (C=O) groups excluding carboxylic acids is 2. The molecule has 11 nitrogen and oxygen atoms in total. The second-order valence-corrected chi connectivity index (χ2v) is 13.5. The molecule has 0 aliphatic carbocycles. The number of fused-ring (bicyclic) bond motifs is 1. The summed E-state index contributed by atoms with van der Waals surface area (Å²) < 4.78 is 39.3. The first-order valence-corrected chi connectivity index (χ1v) is 15.7. The lowest BCUT2D eigenvalue weighted by Gasteiger charge is -2.38. The summed E-state index contributed by atoms with van der Waals surface area (Å²) in [7, 11) is -2.19. The van der Waals surface area contributed by atoms with Gasteiger partial charge in [0.2, 0.25) is 5.91 Å². The average Bonchev–Trinajstić information content (AvgIpc) is 3.50. The van der Waals surface area contributed by atoms with Crippen LogP contribution in [0.1, 0.15) is 30.6 Å². The summed E-state index contributed by atoms with van der Waals surface area (Å²) in [5.74, 6) is -0.444. The van der Waals surface area contributed by atoms with Crippen LogP contribution in [-0.2, 0) is 19.6 Å². The quantitative estimate of drug-likeness (QED) is 0.427. The predicted molar refractivity (Wildman–Crippen MR) is 152 cm³/mol. The first-order chi connectivity index (χ1) is 19.1. The number of hydrogen-bond acceptors (Lipinski definition) is 9. The van der Waals surface area contributed by atoms with Crippen molar-refractivity contribution in [3.8, 4) is 5.75 Å². The molecule has 40 heavy (non-hydrogen) atoms. The normalized spacial score (nSPS) is 21.3. The molecule has 0 bridgehead atoms. The number of likely N-dealkylation sites (N-methyl/N-ethyl adjacent to an activating group) is 1. The van der Waals surface area contributed by atoms with Gasteiger partial charge < -0.3 is 24.8 Å². The number of amides is 2. The second kappa shape index (κ2) is 13.4. The van der Waals surface area contributed by atoms with Crippen LogP contribution in [0.5, 0.6) is 5.75 Å². The molecule has 1 aromatic carbocycles. The Morgan fingerprint density at radius 3 is 2.70 bits per heavy atom. The van der Waals surface area contributed by atoms with Gasteiger partial charge >= 0.3 is 0 Å². The zero-order valence-electron chi connectivity index (χ0n) is 23.1. The smallest absolute Gasteiger partial charge is 0.258 e. The zero-order chi connectivity index (χ0) is 28.9. The van der Waals surface area contributed by atoms with Gasteiger partial charge in [0.1, 0.15) is 16.1 Å². The van der Waals surface area contributed by atoms with Gasteiger partial charge in [-0.25, -0.2) is 8.42 Å². The number of nitrogens with zero attached hydrogens (tertiary/aromatic N) is 3. The number of thiophene rings is 1. The second-order valence-electron chi connectivity index (χ2n) is 10.3. The van der Waals surface area contributed by atoms with Crippen LogP contribution in [0.2, 0.25) is 0 Å². The number of sulfonamides is 1. The van der Waals surface area contributed by atoms with Crippen molar-refractivity contribution < 1.29 is 32.6 Å². The Morgan fingerprint density at radius 2 is 2.02 bits per heavy atom. The minimum Gasteiger partial charge on any atom is -0.488 e. The van der Waals surface area contributed by atoms with E-state index < -0.39 is 22.2 Å². The van der Waals surface area contributed by atoms with E-state index in [4.69, 9.17) is 9.47 Å². The van der Waals surface area contributed by atoms with Crippen molar-refractivity contribution >= 4 is 38.9 Å². The SMILES string of the molecule is C[C@H](CO)N1C[C@H](C)[C@H](CN(C)S(=O)(=O)c2cccs2)Oc2ccc(NC(=O)CCN3CCOCC3)cc2C1=O. The summed E-state index contributed by atoms with van der Waals surface area (Å²) in [5, 5.41) is 14.5. The Bertz CT molecular complexity index is 1270. The Morgan fingerprint density at radius 1 is 1.27 bits per heavy atom. The van der Waals surface area contributed by atoms with Gasteiger partial charge in [0.15, 0.2) is 0 Å². The number of nitrogens with one attached hydrogen (secondary N) is 1. The zero-order valence-corrected chi connectivity index (χ0v) is 24.7. The van der Waals surface area contributed by atoms with Crippen molar-refractivity contribution in [1.82, 2.24) is 14.1 Å². The molecule has 220 valence electrons. The largest absolute Gasteiger partial charge is 0.488 e. The number of aliphatic hydroxyl groups is 1. The molecule has 1 fully saturated rings. The molecule has 1 saturated heterocycles. The highest BCUT2D eigenvalue weighted by molar-refractivity contribution is 7.91. The Balaban J connectivity index is 1.55. The molecule has 0 unspecified atom stereocenters. The molecule has 2 aromatic rings. The summed E-state index contributed by atoms with van der Waals surface area (Å²) in [5.41, 5.74) is 0.703. The molecule has 2 aliphatic heterocycles. The maximum atomic E-state index is 13.6. The summed E-state index contributed by atoms with van der Waals surface area (Å²) in [4.78, 5) is 30.1. The van der Waals surface area contributed by atoms with Crippen molar-refractivity contribution in [3.63, 3.8) is 0 Å². The van der Waals surface area contributed by atoms with E-state index in [1.807, 2.05) is 6.92 Å². The molecule has 13 heteroatoms. The van der Waals surface area contributed by atoms with E-state index >= 15 is 0 Å². The molecule has 1 aromatic heterocycles. The number of hydrogen-bond donors (Lipinski definition) is 2. The number of benzene rings is 1. The number of anilines is 1. The van der Waals surface area contributed by atoms with Crippen LogP contribution in [0, 0.1) is 5.92 Å². The molecule has 0 saturated carbocycles. The van der Waals surface area contributed by atoms with Gasteiger partial charge in [-0.05, 0) is 36.6 Å². The summed E-state index contributed by atoms with van der Waals surface area (Å²) >= 11 is 1.15. The van der Waals surface area contributed by atoms with Crippen LogP contribution in [0.3, 0.4) is 0 Å². The van der Waals surface area contributed by atoms with Crippen molar-refractivity contribution in [2.24, 2.45) is 5.92 Å². The van der Waals surface area contributed by atoms with Crippen LogP contribution in [0.15, 0.2) is 39.9 Å². The number of carbonyl (C=O) groups is 2. The highest BCUT2D eigenvalue weighted by Crippen LogP contribution is 2.31. The monoisotopic (exact) mass is 594 g/mol. The lowest BCUT2D eigenvalue weighted by Crippen LogP contribution is -2.50. The predicted octanol–water partition coefficient (Wildman–Crippen LogP) is 1.95. The van der Waals surface area contributed by atoms with Gasteiger partial charge in [-0.15, -0.1) is 11.3 Å². The van der Waals surface area contributed by atoms with Crippen LogP contribution < -0.4 is 10.1 Å². The van der Waals surface area contributed by atoms with Gasteiger partial charge in [0.25, 0.3) is 15.9 Å². The molecule has 4 rings (SSSR count). The number of rotatable bonds is 10. The van der Waals surface area contributed by atoms with E-state index in [-0.39, 0.29) is 47.2 Å². The van der Waals surface area contributed by atoms with E-state index in [1.165, 1.54) is 11.4 Å². The van der Waals surface area contributed by atoms with Gasteiger partial charge in [0, 0.05) is 51.3 Å². The Labute approximate surface area is 239 Å². The number of aliphatic hydroxyl groups excluding tert-OH is 1. The third kappa shape index (κ3) is 7.20. The van der Waals surface area contributed by atoms with Crippen molar-refractivity contribution in [1.29, 1.82) is 0 Å². The fourth-order valence-corrected chi connectivity index (χ4v) is 7.13. The fraction of sp³-hybridized carbons (Fsp3) is 0.556. The van der Waals surface area contributed by atoms with Crippen molar-refractivity contribution in [3.05, 3.63) is 41.3 Å². The molecule has 3 heterocycles. The van der Waals surface area contributed by atoms with E-state index in [1.54, 1.807) is 47.5 Å². The molecule has 3 atom stereocenters. The fourth-order valence-electron chi connectivity index (χ4n) is 4.74. The van der Waals surface area contributed by atoms with Crippen molar-refractivity contribution in [2.75, 3.05) is 64.9 Å². The van der Waals surface area contributed by atoms with E-state index in [9.17, 15) is 23.1 Å². The molecule has 0 radical (unpaired) electrons. The van der Waals surface area contributed by atoms with Crippen LogP contribution >= 0.6 is 11.3 Å². The summed E-state index contributed by atoms with van der Waals surface area (Å²) in [6.45, 7) is 7.26. The van der Waals surface area contributed by atoms with Crippen molar-refractivity contribution in [2.45, 2.75) is 36.6 Å². The lowest BCUT2D eigenvalue weighted by atomic mass is 9.99. The van der Waals surface area contributed by atoms with E-state index in [0.717, 1.165) is 24.4 Å². The Hall–Kier alpha value is -2.55. The highest BCUT2D eigenvalue weighted by Gasteiger charge is 2.35. The Kier molecular flexibility index (Phi) is 10.2. The number of ether oxygens (including phenoxy) is 2. The lowest BCUT2D eigenvalue weighted by molar-refractivity contribution is -0.116. The minimum atomic E-state index is -3.70. The maximum Gasteiger partial charge on any atom is 0.258 e. The third-order valence-corrected chi connectivity index (χ3v) is 10.5. The third-order valence-electron chi connectivity index (χ3n) is 7.30. The van der Waals surface area contributed by atoms with Gasteiger partial charge in [-0.1, -0.05) is 13.0 Å². The standard InChI is InChI=1S/C27H38N4O7S2/c1-19-16-31(20(2)18-32)27(34)22-15-21(28-25(33)8-9-30-10-12-37-13-11-30)6-7-23(22)38-24(19)17-29(3)40(35,36)26-5-4-14-39-26/h4-7,14-15,19-20,24,32H,8-13,16-18H2,1-3H3,(H,28,33)/t19-,20+,24-/m0/s1. The summed E-state index contributed by atoms with van der Waals surface area (Å²) in [6.07, 6.45) is -0.270. The molecule has 2 N–H and O–H groups in total. The minimum absolute atomic E-state index is 0.0659. The topological polar surface area (TPSA) is 129 Å². The van der Waals surface area contributed by atoms with Gasteiger partial charge in [-0.3, -0.25) is 14.5 Å². The van der Waals surface area contributed by atoms with Gasteiger partial charge in [-0.2, -0.15) is 4.31 Å². The van der Waals surface area contributed by atoms with Crippen LogP contribution in [0.4, 0.5) is 5.69 Å². The number of morpholine rings is 1. The average molecular weight is 595 g/mol. The first-order valence-electron chi connectivity index (χ1n) is 13.4. The molecular weight excluding hydrogens is 556 g/mol. The first kappa shape index (κ1) is 30.4. The van der Waals surface area contributed by atoms with E-state index in [2.05, 4.69) is 10.2 Å². The summed E-state index contributed by atoms with van der Waals surface area (Å²) in [6, 6.07) is 7.67. The van der Waals surface area contributed by atoms with Gasteiger partial charge in [0.05, 0.1) is 38.0 Å².